The Morgan fingerprint density at radius 1 is 0.963 bits per heavy atom. The van der Waals surface area contributed by atoms with E-state index in [4.69, 9.17) is 0 Å². The SMILES string of the molecule is O=C([O-])c1ccccc1S[C@@H]1CC(=O)N(c2cccc3ccccc23)C1=O. The highest BCUT2D eigenvalue weighted by Gasteiger charge is 2.40. The number of thioether (sulfide) groups is 1. The van der Waals surface area contributed by atoms with Crippen LogP contribution in [0.4, 0.5) is 5.69 Å². The fourth-order valence-corrected chi connectivity index (χ4v) is 4.42. The minimum Gasteiger partial charge on any atom is -0.545 e. The van der Waals surface area contributed by atoms with Crippen LogP contribution in [0.1, 0.15) is 16.8 Å². The molecule has 1 atom stereocenters. The minimum absolute atomic E-state index is 0.0198. The van der Waals surface area contributed by atoms with Gasteiger partial charge in [0.1, 0.15) is 0 Å². The molecule has 3 aromatic carbocycles. The lowest BCUT2D eigenvalue weighted by atomic mass is 10.1. The van der Waals surface area contributed by atoms with Crippen LogP contribution in [0.3, 0.4) is 0 Å². The summed E-state index contributed by atoms with van der Waals surface area (Å²) < 4.78 is 0. The van der Waals surface area contributed by atoms with Gasteiger partial charge in [0.25, 0.3) is 0 Å². The first-order valence-electron chi connectivity index (χ1n) is 8.38. The molecule has 0 unspecified atom stereocenters. The first kappa shape index (κ1) is 17.3. The predicted molar refractivity (Wildman–Crippen MR) is 101 cm³/mol. The predicted octanol–water partition coefficient (Wildman–Crippen LogP) is 2.63. The van der Waals surface area contributed by atoms with Crippen LogP contribution in [0.25, 0.3) is 10.8 Å². The molecule has 1 aliphatic rings. The van der Waals surface area contributed by atoms with Gasteiger partial charge in [-0.25, -0.2) is 4.90 Å². The Kier molecular flexibility index (Phi) is 4.41. The maximum atomic E-state index is 13.0. The van der Waals surface area contributed by atoms with Gasteiger partial charge in [0.05, 0.1) is 16.9 Å². The highest BCUT2D eigenvalue weighted by Crippen LogP contribution is 2.37. The van der Waals surface area contributed by atoms with Crippen molar-refractivity contribution in [3.05, 3.63) is 72.3 Å². The molecule has 134 valence electrons. The Labute approximate surface area is 159 Å². The van der Waals surface area contributed by atoms with Crippen LogP contribution in [-0.4, -0.2) is 23.0 Å². The second kappa shape index (κ2) is 6.89. The molecule has 4 rings (SSSR count). The van der Waals surface area contributed by atoms with Crippen molar-refractivity contribution in [3.63, 3.8) is 0 Å². The summed E-state index contributed by atoms with van der Waals surface area (Å²) in [5.74, 6) is -1.94. The van der Waals surface area contributed by atoms with E-state index < -0.39 is 11.2 Å². The summed E-state index contributed by atoms with van der Waals surface area (Å²) in [6.45, 7) is 0. The molecule has 1 saturated heterocycles. The molecule has 5 nitrogen and oxygen atoms in total. The summed E-state index contributed by atoms with van der Waals surface area (Å²) in [4.78, 5) is 38.5. The molecular formula is C21H14NO4S-. The fourth-order valence-electron chi connectivity index (χ4n) is 3.24. The molecule has 0 aliphatic carbocycles. The van der Waals surface area contributed by atoms with Crippen molar-refractivity contribution < 1.29 is 19.5 Å². The third kappa shape index (κ3) is 3.08. The molecule has 27 heavy (non-hydrogen) atoms. The van der Waals surface area contributed by atoms with Crippen molar-refractivity contribution in [2.45, 2.75) is 16.6 Å². The molecule has 0 aromatic heterocycles. The maximum Gasteiger partial charge on any atom is 0.247 e. The number of anilines is 1. The molecular weight excluding hydrogens is 362 g/mol. The number of carbonyl (C=O) groups is 3. The van der Waals surface area contributed by atoms with Crippen LogP contribution < -0.4 is 10.0 Å². The van der Waals surface area contributed by atoms with Gasteiger partial charge in [0.2, 0.25) is 11.8 Å². The Morgan fingerprint density at radius 3 is 2.48 bits per heavy atom. The smallest absolute Gasteiger partial charge is 0.247 e. The topological polar surface area (TPSA) is 77.5 Å². The third-order valence-electron chi connectivity index (χ3n) is 4.49. The van der Waals surface area contributed by atoms with E-state index in [1.807, 2.05) is 36.4 Å². The number of hydrogen-bond acceptors (Lipinski definition) is 5. The summed E-state index contributed by atoms with van der Waals surface area (Å²) in [6, 6.07) is 19.4. The Hall–Kier alpha value is -3.12. The van der Waals surface area contributed by atoms with E-state index in [1.54, 1.807) is 24.3 Å². The summed E-state index contributed by atoms with van der Waals surface area (Å²) in [7, 11) is 0. The number of carboxylic acids is 1. The molecule has 0 N–H and O–H groups in total. The summed E-state index contributed by atoms with van der Waals surface area (Å²) in [5.41, 5.74) is 0.575. The number of carbonyl (C=O) groups excluding carboxylic acids is 3. The quantitative estimate of drug-likeness (QED) is 0.654. The minimum atomic E-state index is -1.30. The van der Waals surface area contributed by atoms with Gasteiger partial charge in [-0.1, -0.05) is 54.6 Å². The molecule has 0 saturated carbocycles. The second-order valence-corrected chi connectivity index (χ2v) is 7.40. The van der Waals surface area contributed by atoms with Crippen molar-refractivity contribution in [3.8, 4) is 0 Å². The Balaban J connectivity index is 1.68. The van der Waals surface area contributed by atoms with Gasteiger partial charge in [-0.15, -0.1) is 11.8 Å². The van der Waals surface area contributed by atoms with E-state index in [1.165, 1.54) is 11.0 Å². The number of amides is 2. The van der Waals surface area contributed by atoms with E-state index in [0.29, 0.717) is 10.6 Å². The highest BCUT2D eigenvalue weighted by molar-refractivity contribution is 8.00. The van der Waals surface area contributed by atoms with Crippen LogP contribution in [-0.2, 0) is 9.59 Å². The highest BCUT2D eigenvalue weighted by atomic mass is 32.2. The van der Waals surface area contributed by atoms with Gasteiger partial charge < -0.3 is 9.90 Å². The Morgan fingerprint density at radius 2 is 1.67 bits per heavy atom. The van der Waals surface area contributed by atoms with Crippen LogP contribution in [0.15, 0.2) is 71.6 Å². The van der Waals surface area contributed by atoms with Gasteiger partial charge in [0.15, 0.2) is 0 Å². The Bertz CT molecular complexity index is 1070. The third-order valence-corrected chi connectivity index (χ3v) is 5.75. The monoisotopic (exact) mass is 376 g/mol. The summed E-state index contributed by atoms with van der Waals surface area (Å²) in [5, 5.41) is 12.4. The molecule has 0 radical (unpaired) electrons. The molecule has 3 aromatic rings. The average molecular weight is 376 g/mol. The van der Waals surface area contributed by atoms with Crippen molar-refractivity contribution in [1.29, 1.82) is 0 Å². The number of imide groups is 1. The fraction of sp³-hybridized carbons (Fsp3) is 0.0952. The second-order valence-electron chi connectivity index (χ2n) is 6.16. The number of nitrogens with zero attached hydrogens (tertiary/aromatic N) is 1. The van der Waals surface area contributed by atoms with Crippen molar-refractivity contribution >= 4 is 46.0 Å². The van der Waals surface area contributed by atoms with E-state index in [9.17, 15) is 19.5 Å². The lowest BCUT2D eigenvalue weighted by molar-refractivity contribution is -0.255. The number of fused-ring (bicyclic) bond motifs is 1. The van der Waals surface area contributed by atoms with E-state index in [2.05, 4.69) is 0 Å². The van der Waals surface area contributed by atoms with Crippen LogP contribution >= 0.6 is 11.8 Å². The number of carboxylic acid groups (broad SMARTS) is 1. The van der Waals surface area contributed by atoms with Gasteiger partial charge in [0, 0.05) is 22.3 Å². The number of aromatic carboxylic acids is 1. The van der Waals surface area contributed by atoms with Gasteiger partial charge in [-0.05, 0) is 17.5 Å². The van der Waals surface area contributed by atoms with E-state index in [0.717, 1.165) is 22.5 Å². The normalized spacial score (nSPS) is 16.9. The number of hydrogen-bond donors (Lipinski definition) is 0. The zero-order valence-corrected chi connectivity index (χ0v) is 14.9. The lowest BCUT2D eigenvalue weighted by Gasteiger charge is -2.18. The molecule has 1 aliphatic heterocycles. The van der Waals surface area contributed by atoms with Crippen LogP contribution in [0, 0.1) is 0 Å². The van der Waals surface area contributed by atoms with Gasteiger partial charge in [-0.3, -0.25) is 9.59 Å². The van der Waals surface area contributed by atoms with E-state index >= 15 is 0 Å². The lowest BCUT2D eigenvalue weighted by Crippen LogP contribution is -2.31. The zero-order valence-electron chi connectivity index (χ0n) is 14.1. The van der Waals surface area contributed by atoms with Crippen LogP contribution in [0.2, 0.25) is 0 Å². The van der Waals surface area contributed by atoms with Crippen molar-refractivity contribution in [1.82, 2.24) is 0 Å². The summed E-state index contributed by atoms with van der Waals surface area (Å²) >= 11 is 1.09. The molecule has 1 heterocycles. The molecule has 6 heteroatoms. The van der Waals surface area contributed by atoms with Crippen molar-refractivity contribution in [2.75, 3.05) is 4.90 Å². The zero-order chi connectivity index (χ0) is 19.0. The summed E-state index contributed by atoms with van der Waals surface area (Å²) in [6.07, 6.45) is 0.0219. The molecule has 1 fully saturated rings. The first-order valence-corrected chi connectivity index (χ1v) is 9.26. The standard InChI is InChI=1S/C21H15NO4S/c23-19-12-18(27-17-11-4-3-9-15(17)21(25)26)20(24)22(19)16-10-5-7-13-6-1-2-8-14(13)16/h1-11,18H,12H2,(H,25,26)/p-1/t18-/m1/s1. The largest absolute Gasteiger partial charge is 0.545 e. The molecule has 0 bridgehead atoms. The first-order chi connectivity index (χ1) is 13.1. The average Bonchev–Trinajstić information content (AvgIpc) is 2.95. The van der Waals surface area contributed by atoms with Gasteiger partial charge in [-0.2, -0.15) is 0 Å². The van der Waals surface area contributed by atoms with Crippen molar-refractivity contribution in [2.24, 2.45) is 0 Å². The van der Waals surface area contributed by atoms with Crippen LogP contribution in [0.5, 0.6) is 0 Å². The molecule has 0 spiro atoms. The van der Waals surface area contributed by atoms with Gasteiger partial charge >= 0.3 is 0 Å². The number of rotatable bonds is 4. The molecule has 2 amide bonds. The maximum absolute atomic E-state index is 13.0. The number of benzene rings is 3. The van der Waals surface area contributed by atoms with E-state index in [-0.39, 0.29) is 23.8 Å².